The van der Waals surface area contributed by atoms with E-state index in [9.17, 15) is 9.59 Å². The van der Waals surface area contributed by atoms with Crippen LogP contribution in [0.3, 0.4) is 0 Å². The summed E-state index contributed by atoms with van der Waals surface area (Å²) in [5, 5.41) is 2.98. The van der Waals surface area contributed by atoms with Crippen LogP contribution in [0.4, 0.5) is 5.69 Å². The van der Waals surface area contributed by atoms with Crippen LogP contribution >= 0.6 is 11.6 Å². The molecule has 0 heterocycles. The number of hydrogen-bond donors (Lipinski definition) is 1. The van der Waals surface area contributed by atoms with Crippen molar-refractivity contribution in [2.75, 3.05) is 18.5 Å². The number of anilines is 1. The monoisotopic (exact) mass is 347 g/mol. The van der Waals surface area contributed by atoms with Gasteiger partial charge >= 0.3 is 5.97 Å². The molecule has 0 atom stereocenters. The predicted octanol–water partition coefficient (Wildman–Crippen LogP) is 3.52. The SMILES string of the molecule is Cc1ccc(OCC(=O)OCC(=O)Nc2ccccc2Cl)c(C)c1. The topological polar surface area (TPSA) is 64.6 Å². The van der Waals surface area contributed by atoms with Crippen LogP contribution in [0.25, 0.3) is 0 Å². The van der Waals surface area contributed by atoms with Crippen LogP contribution in [0, 0.1) is 13.8 Å². The van der Waals surface area contributed by atoms with Crippen molar-refractivity contribution in [1.82, 2.24) is 0 Å². The van der Waals surface area contributed by atoms with Crippen molar-refractivity contribution in [3.8, 4) is 5.75 Å². The highest BCUT2D eigenvalue weighted by atomic mass is 35.5. The summed E-state index contributed by atoms with van der Waals surface area (Å²) in [5.74, 6) is -0.481. The van der Waals surface area contributed by atoms with E-state index in [2.05, 4.69) is 5.32 Å². The molecule has 0 aromatic heterocycles. The number of hydrogen-bond acceptors (Lipinski definition) is 4. The molecule has 0 aliphatic heterocycles. The summed E-state index contributed by atoms with van der Waals surface area (Å²) in [6.07, 6.45) is 0. The van der Waals surface area contributed by atoms with Crippen molar-refractivity contribution in [2.24, 2.45) is 0 Å². The fourth-order valence-electron chi connectivity index (χ4n) is 2.03. The number of rotatable bonds is 6. The number of benzene rings is 2. The van der Waals surface area contributed by atoms with E-state index in [1.807, 2.05) is 26.0 Å². The quantitative estimate of drug-likeness (QED) is 0.812. The molecule has 2 rings (SSSR count). The number of ether oxygens (including phenoxy) is 2. The Morgan fingerprint density at radius 2 is 1.83 bits per heavy atom. The molecule has 0 unspecified atom stereocenters. The van der Waals surface area contributed by atoms with E-state index in [0.717, 1.165) is 11.1 Å². The van der Waals surface area contributed by atoms with Crippen molar-refractivity contribution in [2.45, 2.75) is 13.8 Å². The van der Waals surface area contributed by atoms with Gasteiger partial charge < -0.3 is 14.8 Å². The van der Waals surface area contributed by atoms with Gasteiger partial charge in [0.25, 0.3) is 5.91 Å². The van der Waals surface area contributed by atoms with Gasteiger partial charge in [-0.1, -0.05) is 41.4 Å². The van der Waals surface area contributed by atoms with Crippen molar-refractivity contribution >= 4 is 29.2 Å². The zero-order valence-electron chi connectivity index (χ0n) is 13.5. The first-order chi connectivity index (χ1) is 11.5. The lowest BCUT2D eigenvalue weighted by Gasteiger charge is -2.10. The predicted molar refractivity (Wildman–Crippen MR) is 92.5 cm³/mol. The van der Waals surface area contributed by atoms with Crippen molar-refractivity contribution < 1.29 is 19.1 Å². The molecule has 0 aliphatic carbocycles. The molecular formula is C18H18ClNO4. The Bertz CT molecular complexity index is 746. The van der Waals surface area contributed by atoms with Crippen LogP contribution in [-0.4, -0.2) is 25.1 Å². The normalized spacial score (nSPS) is 10.1. The molecule has 2 aromatic carbocycles. The van der Waals surface area contributed by atoms with Gasteiger partial charge in [-0.25, -0.2) is 4.79 Å². The summed E-state index contributed by atoms with van der Waals surface area (Å²) in [6, 6.07) is 12.4. The third-order valence-electron chi connectivity index (χ3n) is 3.19. The molecule has 2 aromatic rings. The zero-order valence-corrected chi connectivity index (χ0v) is 14.2. The molecule has 0 saturated carbocycles. The second-order valence-electron chi connectivity index (χ2n) is 5.25. The van der Waals surface area contributed by atoms with Crippen LogP contribution in [0.5, 0.6) is 5.75 Å². The Morgan fingerprint density at radius 1 is 1.08 bits per heavy atom. The third-order valence-corrected chi connectivity index (χ3v) is 3.52. The van der Waals surface area contributed by atoms with E-state index in [0.29, 0.717) is 16.5 Å². The van der Waals surface area contributed by atoms with Crippen LogP contribution in [0.1, 0.15) is 11.1 Å². The van der Waals surface area contributed by atoms with E-state index in [4.69, 9.17) is 21.1 Å². The van der Waals surface area contributed by atoms with E-state index in [-0.39, 0.29) is 6.61 Å². The summed E-state index contributed by atoms with van der Waals surface area (Å²) in [6.45, 7) is 3.21. The molecule has 0 spiro atoms. The summed E-state index contributed by atoms with van der Waals surface area (Å²) >= 11 is 5.93. The number of aryl methyl sites for hydroxylation is 2. The smallest absolute Gasteiger partial charge is 0.344 e. The van der Waals surface area contributed by atoms with Gasteiger partial charge in [-0.05, 0) is 37.6 Å². The zero-order chi connectivity index (χ0) is 17.5. The molecule has 24 heavy (non-hydrogen) atoms. The van der Waals surface area contributed by atoms with Crippen LogP contribution in [0.2, 0.25) is 5.02 Å². The van der Waals surface area contributed by atoms with Gasteiger partial charge in [0, 0.05) is 0 Å². The molecule has 0 bridgehead atoms. The van der Waals surface area contributed by atoms with Crippen LogP contribution < -0.4 is 10.1 Å². The van der Waals surface area contributed by atoms with E-state index < -0.39 is 18.5 Å². The highest BCUT2D eigenvalue weighted by Gasteiger charge is 2.10. The first-order valence-electron chi connectivity index (χ1n) is 7.36. The highest BCUT2D eigenvalue weighted by molar-refractivity contribution is 6.33. The van der Waals surface area contributed by atoms with Crippen LogP contribution in [-0.2, 0) is 14.3 Å². The number of amides is 1. The molecule has 1 amide bonds. The molecule has 6 heteroatoms. The molecule has 0 radical (unpaired) electrons. The van der Waals surface area contributed by atoms with E-state index >= 15 is 0 Å². The average Bonchev–Trinajstić information content (AvgIpc) is 2.54. The fraction of sp³-hybridized carbons (Fsp3) is 0.222. The molecule has 0 aliphatic rings. The Balaban J connectivity index is 1.76. The standard InChI is InChI=1S/C18H18ClNO4/c1-12-7-8-16(13(2)9-12)23-11-18(22)24-10-17(21)20-15-6-4-3-5-14(15)19/h3-9H,10-11H2,1-2H3,(H,20,21). The second-order valence-corrected chi connectivity index (χ2v) is 5.65. The molecule has 5 nitrogen and oxygen atoms in total. The minimum absolute atomic E-state index is 0.261. The fourth-order valence-corrected chi connectivity index (χ4v) is 2.22. The summed E-state index contributed by atoms with van der Waals surface area (Å²) in [4.78, 5) is 23.4. The maximum absolute atomic E-state index is 11.7. The lowest BCUT2D eigenvalue weighted by molar-refractivity contribution is -0.149. The second kappa shape index (κ2) is 8.36. The number of esters is 1. The lowest BCUT2D eigenvalue weighted by Crippen LogP contribution is -2.23. The van der Waals surface area contributed by atoms with Crippen molar-refractivity contribution in [3.63, 3.8) is 0 Å². The molecule has 0 fully saturated rings. The summed E-state index contributed by atoms with van der Waals surface area (Å²) in [5.41, 5.74) is 2.50. The molecule has 126 valence electrons. The van der Waals surface area contributed by atoms with Crippen molar-refractivity contribution in [1.29, 1.82) is 0 Å². The number of halogens is 1. The first-order valence-corrected chi connectivity index (χ1v) is 7.73. The Morgan fingerprint density at radius 3 is 2.54 bits per heavy atom. The first kappa shape index (κ1) is 17.8. The van der Waals surface area contributed by atoms with Gasteiger partial charge in [-0.2, -0.15) is 0 Å². The number of para-hydroxylation sites is 1. The maximum Gasteiger partial charge on any atom is 0.344 e. The Hall–Kier alpha value is -2.53. The number of nitrogens with one attached hydrogen (secondary N) is 1. The Kier molecular flexibility index (Phi) is 6.21. The molecular weight excluding hydrogens is 330 g/mol. The van der Waals surface area contributed by atoms with Crippen molar-refractivity contribution in [3.05, 3.63) is 58.6 Å². The van der Waals surface area contributed by atoms with Gasteiger partial charge in [-0.3, -0.25) is 4.79 Å². The van der Waals surface area contributed by atoms with E-state index in [1.54, 1.807) is 30.3 Å². The van der Waals surface area contributed by atoms with Gasteiger partial charge in [0.1, 0.15) is 5.75 Å². The minimum atomic E-state index is -0.621. The average molecular weight is 348 g/mol. The third kappa shape index (κ3) is 5.28. The summed E-state index contributed by atoms with van der Waals surface area (Å²) in [7, 11) is 0. The lowest BCUT2D eigenvalue weighted by atomic mass is 10.1. The minimum Gasteiger partial charge on any atom is -0.482 e. The van der Waals surface area contributed by atoms with Gasteiger partial charge in [0.2, 0.25) is 0 Å². The number of carbonyl (C=O) groups excluding carboxylic acids is 2. The number of carbonyl (C=O) groups is 2. The van der Waals surface area contributed by atoms with E-state index in [1.165, 1.54) is 0 Å². The van der Waals surface area contributed by atoms with Gasteiger partial charge in [-0.15, -0.1) is 0 Å². The highest BCUT2D eigenvalue weighted by Crippen LogP contribution is 2.20. The van der Waals surface area contributed by atoms with Gasteiger partial charge in [0.15, 0.2) is 13.2 Å². The molecule has 0 saturated heterocycles. The Labute approximate surface area is 145 Å². The largest absolute Gasteiger partial charge is 0.482 e. The summed E-state index contributed by atoms with van der Waals surface area (Å²) < 4.78 is 10.3. The van der Waals surface area contributed by atoms with Crippen LogP contribution in [0.15, 0.2) is 42.5 Å². The molecule has 1 N–H and O–H groups in total. The van der Waals surface area contributed by atoms with Gasteiger partial charge in [0.05, 0.1) is 10.7 Å². The maximum atomic E-state index is 11.7.